The lowest BCUT2D eigenvalue weighted by atomic mass is 10.0. The molecule has 38 heavy (non-hydrogen) atoms. The number of fused-ring (bicyclic) bond motifs is 2. The molecule has 3 heterocycles. The SMILES string of the molecule is Cc1ccc(S(=O)(=O)n2ncc3cc(-c4cc(N)c5cnn(S(=O)(=O)c6ccccc6)c5c4)cnc32)cc1. The molecule has 0 fully saturated rings. The van der Waals surface area contributed by atoms with Crippen molar-refractivity contribution in [2.24, 2.45) is 0 Å². The molecule has 0 aliphatic rings. The molecule has 0 aliphatic heterocycles. The van der Waals surface area contributed by atoms with Gasteiger partial charge in [0.15, 0.2) is 5.65 Å². The largest absolute Gasteiger partial charge is 0.398 e. The van der Waals surface area contributed by atoms with Crippen molar-refractivity contribution in [3.63, 3.8) is 0 Å². The smallest absolute Gasteiger partial charge is 0.284 e. The van der Waals surface area contributed by atoms with E-state index < -0.39 is 20.0 Å². The van der Waals surface area contributed by atoms with E-state index in [0.717, 1.165) is 13.7 Å². The normalized spacial score (nSPS) is 12.3. The van der Waals surface area contributed by atoms with Gasteiger partial charge in [0.25, 0.3) is 20.0 Å². The molecule has 0 aliphatic carbocycles. The van der Waals surface area contributed by atoms with Crippen LogP contribution in [0.15, 0.2) is 101 Å². The van der Waals surface area contributed by atoms with Crippen molar-refractivity contribution in [3.8, 4) is 11.1 Å². The molecule has 2 N–H and O–H groups in total. The number of benzene rings is 3. The van der Waals surface area contributed by atoms with Crippen LogP contribution in [0.4, 0.5) is 5.69 Å². The molecule has 0 amide bonds. The third-order valence-corrected chi connectivity index (χ3v) is 9.42. The van der Waals surface area contributed by atoms with Gasteiger partial charge >= 0.3 is 0 Å². The molecule has 0 unspecified atom stereocenters. The fourth-order valence-corrected chi connectivity index (χ4v) is 6.74. The first-order chi connectivity index (χ1) is 18.2. The Morgan fingerprint density at radius 3 is 2.11 bits per heavy atom. The minimum absolute atomic E-state index is 0.0965. The molecule has 6 aromatic rings. The van der Waals surface area contributed by atoms with Crippen LogP contribution in [0.3, 0.4) is 0 Å². The summed E-state index contributed by atoms with van der Waals surface area (Å²) in [5.41, 5.74) is 9.21. The molecule has 190 valence electrons. The monoisotopic (exact) mass is 544 g/mol. The second kappa shape index (κ2) is 8.50. The highest BCUT2D eigenvalue weighted by atomic mass is 32.2. The first kappa shape index (κ1) is 23.8. The summed E-state index contributed by atoms with van der Waals surface area (Å²) in [6.45, 7) is 1.87. The lowest BCUT2D eigenvalue weighted by Crippen LogP contribution is -2.15. The molecule has 0 spiro atoms. The molecule has 0 saturated heterocycles. The maximum Gasteiger partial charge on any atom is 0.284 e. The maximum absolute atomic E-state index is 13.3. The number of rotatable bonds is 5. The van der Waals surface area contributed by atoms with Crippen molar-refractivity contribution in [1.82, 2.24) is 23.4 Å². The van der Waals surface area contributed by atoms with E-state index in [9.17, 15) is 16.8 Å². The number of nitrogens with zero attached hydrogens (tertiary/aromatic N) is 5. The number of aromatic nitrogens is 5. The maximum atomic E-state index is 13.3. The van der Waals surface area contributed by atoms with Crippen molar-refractivity contribution < 1.29 is 16.8 Å². The summed E-state index contributed by atoms with van der Waals surface area (Å²) in [6.07, 6.45) is 4.33. The fraction of sp³-hybridized carbons (Fsp3) is 0.0385. The first-order valence-electron chi connectivity index (χ1n) is 11.4. The molecule has 0 radical (unpaired) electrons. The van der Waals surface area contributed by atoms with E-state index in [0.29, 0.717) is 33.1 Å². The topological polar surface area (TPSA) is 143 Å². The zero-order chi connectivity index (χ0) is 26.7. The lowest BCUT2D eigenvalue weighted by molar-refractivity contribution is 0.580. The van der Waals surface area contributed by atoms with E-state index in [1.54, 1.807) is 48.5 Å². The van der Waals surface area contributed by atoms with E-state index in [-0.39, 0.29) is 15.4 Å². The Morgan fingerprint density at radius 2 is 1.37 bits per heavy atom. The van der Waals surface area contributed by atoms with Crippen molar-refractivity contribution in [2.75, 3.05) is 5.73 Å². The summed E-state index contributed by atoms with van der Waals surface area (Å²) in [5, 5.41) is 9.17. The van der Waals surface area contributed by atoms with Crippen LogP contribution in [0.1, 0.15) is 5.56 Å². The average molecular weight is 545 g/mol. The van der Waals surface area contributed by atoms with Gasteiger partial charge in [-0.1, -0.05) is 35.9 Å². The van der Waals surface area contributed by atoms with Gasteiger partial charge in [0.1, 0.15) is 0 Å². The second-order valence-electron chi connectivity index (χ2n) is 8.75. The minimum Gasteiger partial charge on any atom is -0.398 e. The predicted molar refractivity (Wildman–Crippen MR) is 143 cm³/mol. The number of hydrogen-bond donors (Lipinski definition) is 1. The van der Waals surface area contributed by atoms with Gasteiger partial charge in [0, 0.05) is 28.2 Å². The number of pyridine rings is 1. The lowest BCUT2D eigenvalue weighted by Gasteiger charge is -2.09. The van der Waals surface area contributed by atoms with Gasteiger partial charge in [-0.05, 0) is 55.0 Å². The summed E-state index contributed by atoms with van der Waals surface area (Å²) in [5.74, 6) is 0. The molecule has 6 rings (SSSR count). The van der Waals surface area contributed by atoms with E-state index in [4.69, 9.17) is 5.73 Å². The van der Waals surface area contributed by atoms with Crippen LogP contribution in [-0.2, 0) is 20.0 Å². The van der Waals surface area contributed by atoms with Crippen LogP contribution < -0.4 is 5.73 Å². The zero-order valence-electron chi connectivity index (χ0n) is 19.9. The van der Waals surface area contributed by atoms with Gasteiger partial charge < -0.3 is 5.73 Å². The third kappa shape index (κ3) is 3.73. The first-order valence-corrected chi connectivity index (χ1v) is 14.3. The Labute approximate surface area is 218 Å². The predicted octanol–water partition coefficient (Wildman–Crippen LogP) is 3.81. The van der Waals surface area contributed by atoms with Crippen LogP contribution in [-0.4, -0.2) is 40.2 Å². The Bertz CT molecular complexity index is 2070. The van der Waals surface area contributed by atoms with Crippen molar-refractivity contribution in [1.29, 1.82) is 0 Å². The Hall–Kier alpha value is -4.55. The number of anilines is 1. The fourth-order valence-electron chi connectivity index (χ4n) is 4.22. The highest BCUT2D eigenvalue weighted by Crippen LogP contribution is 2.32. The molecule has 0 atom stereocenters. The van der Waals surface area contributed by atoms with Crippen molar-refractivity contribution in [2.45, 2.75) is 16.7 Å². The Morgan fingerprint density at radius 1 is 0.711 bits per heavy atom. The number of nitrogen functional groups attached to an aromatic ring is 1. The van der Waals surface area contributed by atoms with Crippen LogP contribution in [0.5, 0.6) is 0 Å². The molecule has 3 aromatic heterocycles. The number of nitrogens with two attached hydrogens (primary N) is 1. The van der Waals surface area contributed by atoms with Crippen molar-refractivity contribution in [3.05, 3.63) is 97.0 Å². The molecule has 0 saturated carbocycles. The molecule has 10 nitrogen and oxygen atoms in total. The summed E-state index contributed by atoms with van der Waals surface area (Å²) in [6, 6.07) is 19.6. The average Bonchev–Trinajstić information content (AvgIpc) is 3.55. The Kier molecular flexibility index (Phi) is 5.33. The third-order valence-electron chi connectivity index (χ3n) is 6.21. The molecule has 3 aromatic carbocycles. The van der Waals surface area contributed by atoms with Crippen LogP contribution >= 0.6 is 0 Å². The van der Waals surface area contributed by atoms with Crippen LogP contribution in [0.25, 0.3) is 33.1 Å². The number of hydrogen-bond acceptors (Lipinski definition) is 8. The summed E-state index contributed by atoms with van der Waals surface area (Å²) in [7, 11) is -7.91. The molecular formula is C26H20N6O4S2. The molecule has 0 bridgehead atoms. The zero-order valence-corrected chi connectivity index (χ0v) is 21.6. The van der Waals surface area contributed by atoms with E-state index in [1.165, 1.54) is 42.9 Å². The van der Waals surface area contributed by atoms with Crippen molar-refractivity contribution >= 4 is 47.7 Å². The summed E-state index contributed by atoms with van der Waals surface area (Å²) in [4.78, 5) is 4.58. The molecule has 12 heteroatoms. The van der Waals surface area contributed by atoms with Gasteiger partial charge in [-0.3, -0.25) is 0 Å². The Balaban J connectivity index is 1.46. The second-order valence-corrected chi connectivity index (χ2v) is 12.3. The standard InChI is InChI=1S/C26H20N6O4S2/c1-17-7-9-22(10-8-17)38(35,36)32-26-20(15-29-32)11-19(14-28-26)18-12-24(27)23-16-30-31(25(23)13-18)37(33,34)21-5-3-2-4-6-21/h2-16H,27H2,1H3. The number of aryl methyl sites for hydroxylation is 1. The van der Waals surface area contributed by atoms with E-state index >= 15 is 0 Å². The van der Waals surface area contributed by atoms with Crippen LogP contribution in [0.2, 0.25) is 0 Å². The highest BCUT2D eigenvalue weighted by molar-refractivity contribution is 7.90. The van der Waals surface area contributed by atoms with Gasteiger partial charge in [0.2, 0.25) is 0 Å². The van der Waals surface area contributed by atoms with Gasteiger partial charge in [-0.2, -0.15) is 31.1 Å². The van der Waals surface area contributed by atoms with Gasteiger partial charge in [0.05, 0.1) is 27.7 Å². The van der Waals surface area contributed by atoms with Crippen LogP contribution in [0, 0.1) is 6.92 Å². The quantitative estimate of drug-likeness (QED) is 0.323. The van der Waals surface area contributed by atoms with E-state index in [2.05, 4.69) is 15.2 Å². The highest BCUT2D eigenvalue weighted by Gasteiger charge is 2.23. The van der Waals surface area contributed by atoms with E-state index in [1.807, 2.05) is 6.92 Å². The summed E-state index contributed by atoms with van der Waals surface area (Å²) >= 11 is 0. The van der Waals surface area contributed by atoms with Gasteiger partial charge in [-0.25, -0.2) is 4.98 Å². The minimum atomic E-state index is -3.96. The van der Waals surface area contributed by atoms with Gasteiger partial charge in [-0.15, -0.1) is 4.09 Å². The molecular weight excluding hydrogens is 524 g/mol. The summed E-state index contributed by atoms with van der Waals surface area (Å²) < 4.78 is 54.7.